The largest absolute Gasteiger partial charge is 0.480 e. The summed E-state index contributed by atoms with van der Waals surface area (Å²) in [6.07, 6.45) is 2.15. The molecule has 0 atom stereocenters. The number of hydrogen-bond donors (Lipinski definition) is 1. The average molecular weight is 274 g/mol. The molecule has 1 fully saturated rings. The van der Waals surface area contributed by atoms with Crippen LogP contribution in [0.1, 0.15) is 30.0 Å². The minimum absolute atomic E-state index is 0.133. The van der Waals surface area contributed by atoms with Gasteiger partial charge in [0.15, 0.2) is 0 Å². The van der Waals surface area contributed by atoms with Gasteiger partial charge in [-0.05, 0) is 49.6 Å². The molecule has 0 unspecified atom stereocenters. The first-order valence-corrected chi connectivity index (χ1v) is 6.60. The first-order valence-electron chi connectivity index (χ1n) is 6.60. The summed E-state index contributed by atoms with van der Waals surface area (Å²) in [7, 11) is 0. The van der Waals surface area contributed by atoms with Crippen LogP contribution in [0.2, 0.25) is 0 Å². The van der Waals surface area contributed by atoms with E-state index in [9.17, 15) is 9.18 Å². The van der Waals surface area contributed by atoms with Crippen molar-refractivity contribution < 1.29 is 14.3 Å². The first-order chi connectivity index (χ1) is 9.54. The van der Waals surface area contributed by atoms with E-state index < -0.39 is 5.97 Å². The molecule has 1 saturated carbocycles. The van der Waals surface area contributed by atoms with E-state index in [0.717, 1.165) is 24.1 Å². The maximum Gasteiger partial charge on any atom is 0.325 e. The molecule has 5 heteroatoms. The zero-order valence-corrected chi connectivity index (χ0v) is 11.1. The second-order valence-corrected chi connectivity index (χ2v) is 5.24. The van der Waals surface area contributed by atoms with Gasteiger partial charge in [0, 0.05) is 17.2 Å². The van der Waals surface area contributed by atoms with Crippen molar-refractivity contribution in [2.75, 3.05) is 0 Å². The number of carboxylic acids is 1. The van der Waals surface area contributed by atoms with Gasteiger partial charge < -0.3 is 5.11 Å². The van der Waals surface area contributed by atoms with Gasteiger partial charge in [-0.15, -0.1) is 0 Å². The van der Waals surface area contributed by atoms with Crippen molar-refractivity contribution in [3.8, 4) is 11.3 Å². The standard InChI is InChI=1S/C15H15FN2O2/c1-9-6-11(4-5-12(9)16)13-7-14(10-2-3-10)18(17-13)8-15(19)20/h4-7,10H,2-3,8H2,1H3,(H,19,20). The van der Waals surface area contributed by atoms with E-state index in [0.29, 0.717) is 17.2 Å². The third-order valence-electron chi connectivity index (χ3n) is 3.55. The summed E-state index contributed by atoms with van der Waals surface area (Å²) < 4.78 is 14.9. The van der Waals surface area contributed by atoms with Crippen molar-refractivity contribution in [2.24, 2.45) is 0 Å². The van der Waals surface area contributed by atoms with Crippen LogP contribution in [0.25, 0.3) is 11.3 Å². The molecule has 0 aliphatic heterocycles. The zero-order chi connectivity index (χ0) is 14.3. The Morgan fingerprint density at radius 3 is 2.80 bits per heavy atom. The molecule has 1 N–H and O–H groups in total. The van der Waals surface area contributed by atoms with Gasteiger partial charge in [-0.25, -0.2) is 4.39 Å². The number of hydrogen-bond acceptors (Lipinski definition) is 2. The summed E-state index contributed by atoms with van der Waals surface area (Å²) in [5.41, 5.74) is 3.04. The van der Waals surface area contributed by atoms with Crippen molar-refractivity contribution in [2.45, 2.75) is 32.2 Å². The van der Waals surface area contributed by atoms with Crippen LogP contribution in [-0.2, 0) is 11.3 Å². The first kappa shape index (κ1) is 12.8. The number of aliphatic carboxylic acids is 1. The lowest BCUT2D eigenvalue weighted by Crippen LogP contribution is -2.12. The molecule has 20 heavy (non-hydrogen) atoms. The Bertz CT molecular complexity index is 675. The van der Waals surface area contributed by atoms with Crippen LogP contribution in [0.3, 0.4) is 0 Å². The molecule has 3 rings (SSSR count). The van der Waals surface area contributed by atoms with Gasteiger partial charge in [0.1, 0.15) is 12.4 Å². The van der Waals surface area contributed by atoms with E-state index in [1.54, 1.807) is 23.7 Å². The molecule has 1 aliphatic carbocycles. The smallest absolute Gasteiger partial charge is 0.325 e. The van der Waals surface area contributed by atoms with Crippen molar-refractivity contribution in [3.05, 3.63) is 41.3 Å². The molecule has 1 aromatic carbocycles. The highest BCUT2D eigenvalue weighted by Gasteiger charge is 2.28. The summed E-state index contributed by atoms with van der Waals surface area (Å²) in [5.74, 6) is -0.741. The number of rotatable bonds is 4. The number of nitrogens with zero attached hydrogens (tertiary/aromatic N) is 2. The van der Waals surface area contributed by atoms with Gasteiger partial charge in [0.25, 0.3) is 0 Å². The van der Waals surface area contributed by atoms with Crippen molar-refractivity contribution in [1.29, 1.82) is 0 Å². The summed E-state index contributed by atoms with van der Waals surface area (Å²) in [6.45, 7) is 1.57. The monoisotopic (exact) mass is 274 g/mol. The normalized spacial score (nSPS) is 14.5. The molecule has 0 amide bonds. The van der Waals surface area contributed by atoms with E-state index in [1.165, 1.54) is 6.07 Å². The van der Waals surface area contributed by atoms with Gasteiger partial charge in [-0.1, -0.05) is 0 Å². The Morgan fingerprint density at radius 2 is 2.20 bits per heavy atom. The average Bonchev–Trinajstić information content (AvgIpc) is 3.14. The minimum atomic E-state index is -0.906. The van der Waals surface area contributed by atoms with E-state index in [1.807, 2.05) is 6.07 Å². The fraction of sp³-hybridized carbons (Fsp3) is 0.333. The van der Waals surface area contributed by atoms with Crippen LogP contribution in [0, 0.1) is 12.7 Å². The second-order valence-electron chi connectivity index (χ2n) is 5.24. The van der Waals surface area contributed by atoms with Crippen molar-refractivity contribution >= 4 is 5.97 Å². The molecule has 1 heterocycles. The maximum absolute atomic E-state index is 13.3. The SMILES string of the molecule is Cc1cc(-c2cc(C3CC3)n(CC(=O)O)n2)ccc1F. The zero-order valence-electron chi connectivity index (χ0n) is 11.1. The topological polar surface area (TPSA) is 55.1 Å². The minimum Gasteiger partial charge on any atom is -0.480 e. The number of aryl methyl sites for hydroxylation is 1. The van der Waals surface area contributed by atoms with Crippen LogP contribution >= 0.6 is 0 Å². The lowest BCUT2D eigenvalue weighted by Gasteiger charge is -2.02. The van der Waals surface area contributed by atoms with E-state index in [2.05, 4.69) is 5.10 Å². The highest BCUT2D eigenvalue weighted by Crippen LogP contribution is 2.41. The predicted octanol–water partition coefficient (Wildman–Crippen LogP) is 2.96. The summed E-state index contributed by atoms with van der Waals surface area (Å²) in [5, 5.41) is 13.3. The predicted molar refractivity (Wildman–Crippen MR) is 72.0 cm³/mol. The fourth-order valence-corrected chi connectivity index (χ4v) is 2.34. The molecule has 0 spiro atoms. The van der Waals surface area contributed by atoms with Crippen LogP contribution in [0.5, 0.6) is 0 Å². The van der Waals surface area contributed by atoms with E-state index in [4.69, 9.17) is 5.11 Å². The highest BCUT2D eigenvalue weighted by molar-refractivity contribution is 5.67. The van der Waals surface area contributed by atoms with Crippen LogP contribution < -0.4 is 0 Å². The van der Waals surface area contributed by atoms with Gasteiger partial charge >= 0.3 is 5.97 Å². The van der Waals surface area contributed by atoms with Gasteiger partial charge in [0.05, 0.1) is 5.69 Å². The molecule has 0 bridgehead atoms. The quantitative estimate of drug-likeness (QED) is 0.932. The Morgan fingerprint density at radius 1 is 1.45 bits per heavy atom. The van der Waals surface area contributed by atoms with Gasteiger partial charge in [0.2, 0.25) is 0 Å². The molecule has 0 saturated heterocycles. The fourth-order valence-electron chi connectivity index (χ4n) is 2.34. The molecule has 4 nitrogen and oxygen atoms in total. The van der Waals surface area contributed by atoms with Crippen molar-refractivity contribution in [3.63, 3.8) is 0 Å². The Labute approximate surface area is 115 Å². The molecule has 104 valence electrons. The third kappa shape index (κ3) is 2.43. The van der Waals surface area contributed by atoms with Gasteiger partial charge in [-0.2, -0.15) is 5.10 Å². The van der Waals surface area contributed by atoms with Crippen molar-refractivity contribution in [1.82, 2.24) is 9.78 Å². The molecule has 1 aromatic heterocycles. The second kappa shape index (κ2) is 4.74. The van der Waals surface area contributed by atoms with Crippen LogP contribution in [0.15, 0.2) is 24.3 Å². The summed E-state index contributed by atoms with van der Waals surface area (Å²) in [6, 6.07) is 6.75. The molecule has 1 aliphatic rings. The molecular formula is C15H15FN2O2. The molecule has 0 radical (unpaired) electrons. The van der Waals surface area contributed by atoms with E-state index >= 15 is 0 Å². The third-order valence-corrected chi connectivity index (χ3v) is 3.55. The molecule has 2 aromatic rings. The van der Waals surface area contributed by atoms with Crippen LogP contribution in [0.4, 0.5) is 4.39 Å². The van der Waals surface area contributed by atoms with E-state index in [-0.39, 0.29) is 12.4 Å². The Kier molecular flexibility index (Phi) is 3.04. The van der Waals surface area contributed by atoms with Crippen LogP contribution in [-0.4, -0.2) is 20.9 Å². The molecular weight excluding hydrogens is 259 g/mol. The lowest BCUT2D eigenvalue weighted by molar-refractivity contribution is -0.137. The Balaban J connectivity index is 2.00. The summed E-state index contributed by atoms with van der Waals surface area (Å²) >= 11 is 0. The lowest BCUT2D eigenvalue weighted by atomic mass is 10.1. The summed E-state index contributed by atoms with van der Waals surface area (Å²) in [4.78, 5) is 10.9. The van der Waals surface area contributed by atoms with Gasteiger partial charge in [-0.3, -0.25) is 9.48 Å². The maximum atomic E-state index is 13.3. The number of carbonyl (C=O) groups is 1. The highest BCUT2D eigenvalue weighted by atomic mass is 19.1. The number of aromatic nitrogens is 2. The Hall–Kier alpha value is -2.17. The number of carboxylic acid groups (broad SMARTS) is 1. The number of benzene rings is 1. The number of halogens is 1.